The van der Waals surface area contributed by atoms with Gasteiger partial charge >= 0.3 is 0 Å². The Balaban J connectivity index is 1.84. The normalized spacial score (nSPS) is 10.8. The summed E-state index contributed by atoms with van der Waals surface area (Å²) in [5.74, 6) is -1.19. The lowest BCUT2D eigenvalue weighted by Gasteiger charge is -2.17. The molecule has 1 heterocycles. The molecule has 7 heteroatoms. The van der Waals surface area contributed by atoms with Crippen LogP contribution in [0.4, 0.5) is 0 Å². The first-order chi connectivity index (χ1) is 13.3. The van der Waals surface area contributed by atoms with Crippen molar-refractivity contribution < 1.29 is 9.59 Å². The Bertz CT molecular complexity index is 1050. The third-order valence-corrected chi connectivity index (χ3v) is 5.20. The fraction of sp³-hybridized carbons (Fsp3) is 0.190. The van der Waals surface area contributed by atoms with Crippen LogP contribution in [0.25, 0.3) is 5.69 Å². The van der Waals surface area contributed by atoms with E-state index in [0.29, 0.717) is 27.0 Å². The van der Waals surface area contributed by atoms with Crippen LogP contribution in [0, 0.1) is 13.8 Å². The standard InChI is InChI=1S/C21H19Cl2N3O2/c1-13-19(14(2)26(24-13)16-7-5-4-6-8-16)20(27)21(28)25(3)12-15-9-10-17(22)18(23)11-15/h4-11H,12H2,1-3H3. The Morgan fingerprint density at radius 3 is 2.36 bits per heavy atom. The number of hydrogen-bond donors (Lipinski definition) is 0. The van der Waals surface area contributed by atoms with Gasteiger partial charge in [0.05, 0.1) is 32.7 Å². The van der Waals surface area contributed by atoms with Gasteiger partial charge in [-0.05, 0) is 43.7 Å². The highest BCUT2D eigenvalue weighted by atomic mass is 35.5. The van der Waals surface area contributed by atoms with Gasteiger partial charge in [0.2, 0.25) is 0 Å². The molecule has 0 spiro atoms. The Kier molecular flexibility index (Phi) is 5.87. The monoisotopic (exact) mass is 415 g/mol. The number of ketones is 1. The van der Waals surface area contributed by atoms with Gasteiger partial charge in [-0.1, -0.05) is 47.5 Å². The number of aryl methyl sites for hydroxylation is 1. The summed E-state index contributed by atoms with van der Waals surface area (Å²) in [7, 11) is 1.58. The lowest BCUT2D eigenvalue weighted by molar-refractivity contribution is -0.125. The average molecular weight is 416 g/mol. The largest absolute Gasteiger partial charge is 0.335 e. The zero-order chi connectivity index (χ0) is 20.4. The van der Waals surface area contributed by atoms with Gasteiger partial charge in [-0.15, -0.1) is 0 Å². The van der Waals surface area contributed by atoms with E-state index >= 15 is 0 Å². The molecule has 0 bridgehead atoms. The van der Waals surface area contributed by atoms with Gasteiger partial charge in [-0.25, -0.2) is 4.68 Å². The Hall–Kier alpha value is -2.63. The van der Waals surface area contributed by atoms with Crippen LogP contribution < -0.4 is 0 Å². The highest BCUT2D eigenvalue weighted by molar-refractivity contribution is 6.43. The van der Waals surface area contributed by atoms with Gasteiger partial charge in [0, 0.05) is 13.6 Å². The highest BCUT2D eigenvalue weighted by Crippen LogP contribution is 2.24. The first-order valence-electron chi connectivity index (χ1n) is 8.65. The molecule has 0 atom stereocenters. The molecule has 0 aliphatic carbocycles. The van der Waals surface area contributed by atoms with E-state index in [-0.39, 0.29) is 6.54 Å². The summed E-state index contributed by atoms with van der Waals surface area (Å²) < 4.78 is 1.68. The second-order valence-electron chi connectivity index (χ2n) is 6.53. The van der Waals surface area contributed by atoms with E-state index in [4.69, 9.17) is 23.2 Å². The zero-order valence-corrected chi connectivity index (χ0v) is 17.3. The molecular weight excluding hydrogens is 397 g/mol. The van der Waals surface area contributed by atoms with Gasteiger partial charge < -0.3 is 4.90 Å². The molecule has 2 aromatic carbocycles. The molecule has 3 rings (SSSR count). The quantitative estimate of drug-likeness (QED) is 0.450. The number of carbonyl (C=O) groups excluding carboxylic acids is 2. The number of aromatic nitrogens is 2. The third kappa shape index (κ3) is 3.96. The summed E-state index contributed by atoms with van der Waals surface area (Å²) >= 11 is 11.9. The summed E-state index contributed by atoms with van der Waals surface area (Å²) in [6.07, 6.45) is 0. The summed E-state index contributed by atoms with van der Waals surface area (Å²) in [5, 5.41) is 5.29. The maximum absolute atomic E-state index is 12.9. The molecule has 1 aromatic heterocycles. The van der Waals surface area contributed by atoms with Gasteiger partial charge in [-0.3, -0.25) is 9.59 Å². The lowest BCUT2D eigenvalue weighted by atomic mass is 10.1. The number of benzene rings is 2. The number of rotatable bonds is 5. The Morgan fingerprint density at radius 2 is 1.71 bits per heavy atom. The maximum atomic E-state index is 12.9. The number of halogens is 2. The van der Waals surface area contributed by atoms with E-state index in [1.807, 2.05) is 30.3 Å². The lowest BCUT2D eigenvalue weighted by Crippen LogP contribution is -2.33. The van der Waals surface area contributed by atoms with Crippen LogP contribution in [0.5, 0.6) is 0 Å². The molecule has 0 aliphatic rings. The Labute approximate surface area is 173 Å². The molecule has 5 nitrogen and oxygen atoms in total. The maximum Gasteiger partial charge on any atom is 0.295 e. The highest BCUT2D eigenvalue weighted by Gasteiger charge is 2.27. The van der Waals surface area contributed by atoms with Gasteiger partial charge in [0.1, 0.15) is 0 Å². The fourth-order valence-corrected chi connectivity index (χ4v) is 3.38. The third-order valence-electron chi connectivity index (χ3n) is 4.46. The van der Waals surface area contributed by atoms with E-state index in [1.165, 1.54) is 4.90 Å². The van der Waals surface area contributed by atoms with Crippen molar-refractivity contribution in [3.05, 3.63) is 81.1 Å². The fourth-order valence-electron chi connectivity index (χ4n) is 3.06. The van der Waals surface area contributed by atoms with E-state index in [9.17, 15) is 9.59 Å². The molecule has 144 valence electrons. The van der Waals surface area contributed by atoms with Crippen molar-refractivity contribution in [2.24, 2.45) is 0 Å². The van der Waals surface area contributed by atoms with Gasteiger partial charge in [-0.2, -0.15) is 5.10 Å². The van der Waals surface area contributed by atoms with Crippen molar-refractivity contribution in [2.75, 3.05) is 7.05 Å². The molecule has 0 N–H and O–H groups in total. The summed E-state index contributed by atoms with van der Waals surface area (Å²) in [6, 6.07) is 14.6. The number of Topliss-reactive ketones (excluding diaryl/α,β-unsaturated/α-hetero) is 1. The van der Waals surface area contributed by atoms with Crippen LogP contribution >= 0.6 is 23.2 Å². The SMILES string of the molecule is Cc1nn(-c2ccccc2)c(C)c1C(=O)C(=O)N(C)Cc1ccc(Cl)c(Cl)c1. The number of likely N-dealkylation sites (N-methyl/N-ethyl adjacent to an activating group) is 1. The summed E-state index contributed by atoms with van der Waals surface area (Å²) in [4.78, 5) is 27.0. The van der Waals surface area contributed by atoms with Crippen LogP contribution in [0.1, 0.15) is 27.3 Å². The molecule has 0 unspecified atom stereocenters. The van der Waals surface area contributed by atoms with E-state index in [0.717, 1.165) is 11.3 Å². The molecule has 0 radical (unpaired) electrons. The molecule has 0 saturated heterocycles. The molecular formula is C21H19Cl2N3O2. The average Bonchev–Trinajstić information content (AvgIpc) is 2.98. The minimum Gasteiger partial charge on any atom is -0.335 e. The molecule has 0 saturated carbocycles. The topological polar surface area (TPSA) is 55.2 Å². The molecule has 0 aliphatic heterocycles. The first kappa shape index (κ1) is 20.1. The second kappa shape index (κ2) is 8.17. The number of para-hydroxylation sites is 1. The number of hydrogen-bond acceptors (Lipinski definition) is 3. The van der Waals surface area contributed by atoms with Crippen LogP contribution in [0.3, 0.4) is 0 Å². The predicted octanol–water partition coefficient (Wildman–Crippen LogP) is 4.64. The number of nitrogens with zero attached hydrogens (tertiary/aromatic N) is 3. The number of carbonyl (C=O) groups is 2. The number of amides is 1. The summed E-state index contributed by atoms with van der Waals surface area (Å²) in [6.45, 7) is 3.75. The molecule has 1 amide bonds. The summed E-state index contributed by atoms with van der Waals surface area (Å²) in [5.41, 5.74) is 3.09. The van der Waals surface area contributed by atoms with E-state index in [1.54, 1.807) is 43.8 Å². The van der Waals surface area contributed by atoms with Crippen LogP contribution in [-0.2, 0) is 11.3 Å². The Morgan fingerprint density at radius 1 is 1.04 bits per heavy atom. The first-order valence-corrected chi connectivity index (χ1v) is 9.40. The minimum atomic E-state index is -0.607. The van der Waals surface area contributed by atoms with Crippen molar-refractivity contribution in [1.82, 2.24) is 14.7 Å². The predicted molar refractivity (Wildman–Crippen MR) is 110 cm³/mol. The van der Waals surface area contributed by atoms with Crippen molar-refractivity contribution >= 4 is 34.9 Å². The zero-order valence-electron chi connectivity index (χ0n) is 15.7. The van der Waals surface area contributed by atoms with Crippen molar-refractivity contribution in [3.63, 3.8) is 0 Å². The second-order valence-corrected chi connectivity index (χ2v) is 7.35. The molecule has 3 aromatic rings. The van der Waals surface area contributed by atoms with Crippen molar-refractivity contribution in [1.29, 1.82) is 0 Å². The van der Waals surface area contributed by atoms with Crippen LogP contribution in [0.15, 0.2) is 48.5 Å². The van der Waals surface area contributed by atoms with E-state index < -0.39 is 11.7 Å². The minimum absolute atomic E-state index is 0.242. The molecule has 28 heavy (non-hydrogen) atoms. The van der Waals surface area contributed by atoms with Crippen molar-refractivity contribution in [2.45, 2.75) is 20.4 Å². The van der Waals surface area contributed by atoms with Crippen LogP contribution in [-0.4, -0.2) is 33.4 Å². The van der Waals surface area contributed by atoms with E-state index in [2.05, 4.69) is 5.10 Å². The van der Waals surface area contributed by atoms with Crippen LogP contribution in [0.2, 0.25) is 10.0 Å². The van der Waals surface area contributed by atoms with Gasteiger partial charge in [0.25, 0.3) is 11.7 Å². The molecule has 0 fully saturated rings. The smallest absolute Gasteiger partial charge is 0.295 e. The van der Waals surface area contributed by atoms with Gasteiger partial charge in [0.15, 0.2) is 0 Å². The van der Waals surface area contributed by atoms with Crippen molar-refractivity contribution in [3.8, 4) is 5.69 Å².